The molecule has 1 fully saturated rings. The van der Waals surface area contributed by atoms with Crippen LogP contribution in [-0.4, -0.2) is 35.7 Å². The number of rotatable bonds is 1. The molecule has 0 bridgehead atoms. The van der Waals surface area contributed by atoms with Crippen LogP contribution in [0.25, 0.3) is 0 Å². The van der Waals surface area contributed by atoms with Crippen LogP contribution in [0, 0.1) is 6.92 Å². The highest BCUT2D eigenvalue weighted by Crippen LogP contribution is 2.20. The SMILES string of the molecule is [B]N1CCC(n2cc(C)cn2)CC1. The zero-order chi connectivity index (χ0) is 9.26. The smallest absolute Gasteiger partial charge is 0.182 e. The summed E-state index contributed by atoms with van der Waals surface area (Å²) in [5.41, 5.74) is 1.23. The Kier molecular flexibility index (Phi) is 2.40. The van der Waals surface area contributed by atoms with Crippen LogP contribution in [0.4, 0.5) is 0 Å². The first-order valence-electron chi connectivity index (χ1n) is 4.76. The third-order valence-electron chi connectivity index (χ3n) is 2.60. The average molecular weight is 175 g/mol. The number of aryl methyl sites for hydroxylation is 1. The lowest BCUT2D eigenvalue weighted by Gasteiger charge is -2.29. The lowest BCUT2D eigenvalue weighted by atomic mass is 10.0. The molecule has 0 N–H and O–H groups in total. The Morgan fingerprint density at radius 1 is 1.46 bits per heavy atom. The van der Waals surface area contributed by atoms with Crippen molar-refractivity contribution in [3.05, 3.63) is 18.0 Å². The van der Waals surface area contributed by atoms with E-state index in [0.29, 0.717) is 6.04 Å². The third kappa shape index (κ3) is 1.94. The van der Waals surface area contributed by atoms with Gasteiger partial charge in [-0.1, -0.05) is 0 Å². The minimum Gasteiger partial charge on any atom is -0.353 e. The fraction of sp³-hybridized carbons (Fsp3) is 0.667. The maximum atomic E-state index is 5.68. The summed E-state index contributed by atoms with van der Waals surface area (Å²) in [6, 6.07) is 0.550. The highest BCUT2D eigenvalue weighted by molar-refractivity contribution is 6.04. The molecule has 1 saturated heterocycles. The van der Waals surface area contributed by atoms with Crippen LogP contribution in [0.3, 0.4) is 0 Å². The highest BCUT2D eigenvalue weighted by atomic mass is 15.3. The van der Waals surface area contributed by atoms with E-state index < -0.39 is 0 Å². The number of piperidine rings is 1. The van der Waals surface area contributed by atoms with Crippen molar-refractivity contribution in [2.24, 2.45) is 0 Å². The Morgan fingerprint density at radius 3 is 2.69 bits per heavy atom. The van der Waals surface area contributed by atoms with Crippen LogP contribution < -0.4 is 0 Å². The second-order valence-corrected chi connectivity index (χ2v) is 3.76. The van der Waals surface area contributed by atoms with Crippen molar-refractivity contribution in [1.29, 1.82) is 0 Å². The topological polar surface area (TPSA) is 21.1 Å². The van der Waals surface area contributed by atoms with Gasteiger partial charge in [0, 0.05) is 6.20 Å². The van der Waals surface area contributed by atoms with Gasteiger partial charge < -0.3 is 4.81 Å². The first kappa shape index (κ1) is 8.82. The predicted octanol–water partition coefficient (Wildman–Crippen LogP) is 0.912. The second kappa shape index (κ2) is 3.54. The van der Waals surface area contributed by atoms with Gasteiger partial charge in [-0.2, -0.15) is 5.10 Å². The maximum Gasteiger partial charge on any atom is 0.182 e. The normalized spacial score (nSPS) is 20.7. The molecule has 1 aromatic heterocycles. The molecular weight excluding hydrogens is 161 g/mol. The molecule has 4 heteroatoms. The van der Waals surface area contributed by atoms with Crippen molar-refractivity contribution < 1.29 is 0 Å². The Hall–Kier alpha value is -0.765. The van der Waals surface area contributed by atoms with Crippen LogP contribution in [0.2, 0.25) is 0 Å². The molecule has 0 aromatic carbocycles. The van der Waals surface area contributed by atoms with Gasteiger partial charge >= 0.3 is 0 Å². The average Bonchev–Trinajstić information content (AvgIpc) is 2.53. The summed E-state index contributed by atoms with van der Waals surface area (Å²) in [7, 11) is 5.68. The largest absolute Gasteiger partial charge is 0.353 e. The summed E-state index contributed by atoms with van der Waals surface area (Å²) < 4.78 is 2.07. The van der Waals surface area contributed by atoms with Gasteiger partial charge in [-0.3, -0.25) is 4.68 Å². The van der Waals surface area contributed by atoms with Gasteiger partial charge in [0.05, 0.1) is 12.2 Å². The molecule has 2 radical (unpaired) electrons. The van der Waals surface area contributed by atoms with Gasteiger partial charge in [-0.05, 0) is 38.4 Å². The standard InChI is InChI=1S/C9H14BN3/c1-8-6-11-13(7-8)9-2-4-12(10)5-3-9/h6-7,9H,2-5H2,1H3. The van der Waals surface area contributed by atoms with Crippen molar-refractivity contribution in [3.8, 4) is 0 Å². The Balaban J connectivity index is 2.02. The minimum absolute atomic E-state index is 0.550. The summed E-state index contributed by atoms with van der Waals surface area (Å²) in [6.07, 6.45) is 6.24. The molecule has 0 atom stereocenters. The first-order valence-corrected chi connectivity index (χ1v) is 4.76. The van der Waals surface area contributed by atoms with Crippen molar-refractivity contribution >= 4 is 7.98 Å². The molecule has 0 amide bonds. The predicted molar refractivity (Wildman–Crippen MR) is 52.6 cm³/mol. The molecule has 3 nitrogen and oxygen atoms in total. The van der Waals surface area contributed by atoms with E-state index in [2.05, 4.69) is 22.9 Å². The molecule has 0 aliphatic carbocycles. The van der Waals surface area contributed by atoms with Crippen LogP contribution in [0.1, 0.15) is 24.4 Å². The van der Waals surface area contributed by atoms with Gasteiger partial charge in [0.15, 0.2) is 7.98 Å². The molecular formula is C9H14BN3. The fourth-order valence-electron chi connectivity index (χ4n) is 1.78. The molecule has 2 rings (SSSR count). The molecule has 1 aliphatic heterocycles. The summed E-state index contributed by atoms with van der Waals surface area (Å²) in [5, 5.41) is 4.32. The minimum atomic E-state index is 0.550. The maximum absolute atomic E-state index is 5.68. The molecule has 13 heavy (non-hydrogen) atoms. The molecule has 1 aliphatic rings. The molecule has 0 spiro atoms. The Labute approximate surface area is 80.2 Å². The third-order valence-corrected chi connectivity index (χ3v) is 2.60. The van der Waals surface area contributed by atoms with Gasteiger partial charge in [-0.15, -0.1) is 0 Å². The number of hydrogen-bond acceptors (Lipinski definition) is 2. The summed E-state index contributed by atoms with van der Waals surface area (Å²) in [6.45, 7) is 4.02. The Bertz CT molecular complexity index is 276. The highest BCUT2D eigenvalue weighted by Gasteiger charge is 2.17. The molecule has 0 unspecified atom stereocenters. The van der Waals surface area contributed by atoms with E-state index in [1.54, 1.807) is 0 Å². The lowest BCUT2D eigenvalue weighted by molar-refractivity contribution is 0.268. The van der Waals surface area contributed by atoms with Gasteiger partial charge in [0.25, 0.3) is 0 Å². The number of hydrogen-bond donors (Lipinski definition) is 0. The van der Waals surface area contributed by atoms with Crippen LogP contribution in [-0.2, 0) is 0 Å². The fourth-order valence-corrected chi connectivity index (χ4v) is 1.78. The van der Waals surface area contributed by atoms with E-state index in [9.17, 15) is 0 Å². The quantitative estimate of drug-likeness (QED) is 0.591. The van der Waals surface area contributed by atoms with Crippen LogP contribution in [0.5, 0.6) is 0 Å². The first-order chi connectivity index (χ1) is 6.25. The van der Waals surface area contributed by atoms with E-state index in [-0.39, 0.29) is 0 Å². The van der Waals surface area contributed by atoms with E-state index in [1.807, 2.05) is 11.0 Å². The monoisotopic (exact) mass is 175 g/mol. The summed E-state index contributed by atoms with van der Waals surface area (Å²) in [4.78, 5) is 1.88. The van der Waals surface area contributed by atoms with E-state index >= 15 is 0 Å². The van der Waals surface area contributed by atoms with E-state index in [0.717, 1.165) is 25.9 Å². The second-order valence-electron chi connectivity index (χ2n) is 3.76. The van der Waals surface area contributed by atoms with Crippen molar-refractivity contribution in [3.63, 3.8) is 0 Å². The molecule has 1 aromatic rings. The van der Waals surface area contributed by atoms with Gasteiger partial charge in [-0.25, -0.2) is 0 Å². The van der Waals surface area contributed by atoms with Crippen molar-refractivity contribution in [2.45, 2.75) is 25.8 Å². The van der Waals surface area contributed by atoms with Crippen molar-refractivity contribution in [1.82, 2.24) is 14.6 Å². The van der Waals surface area contributed by atoms with E-state index in [4.69, 9.17) is 7.98 Å². The molecule has 0 saturated carbocycles. The van der Waals surface area contributed by atoms with Crippen molar-refractivity contribution in [2.75, 3.05) is 13.1 Å². The zero-order valence-electron chi connectivity index (χ0n) is 7.98. The van der Waals surface area contributed by atoms with Gasteiger partial charge in [0.2, 0.25) is 0 Å². The van der Waals surface area contributed by atoms with Crippen LogP contribution >= 0.6 is 0 Å². The van der Waals surface area contributed by atoms with Crippen LogP contribution in [0.15, 0.2) is 12.4 Å². The summed E-state index contributed by atoms with van der Waals surface area (Å²) in [5.74, 6) is 0. The Morgan fingerprint density at radius 2 is 2.15 bits per heavy atom. The zero-order valence-corrected chi connectivity index (χ0v) is 7.98. The molecule has 68 valence electrons. The van der Waals surface area contributed by atoms with E-state index in [1.165, 1.54) is 5.56 Å². The lowest BCUT2D eigenvalue weighted by Crippen LogP contribution is -2.32. The summed E-state index contributed by atoms with van der Waals surface area (Å²) >= 11 is 0. The molecule has 2 heterocycles. The number of nitrogens with zero attached hydrogens (tertiary/aromatic N) is 3. The van der Waals surface area contributed by atoms with Gasteiger partial charge in [0.1, 0.15) is 0 Å². The number of aromatic nitrogens is 2.